The molecule has 3 aromatic carbocycles. The fourth-order valence-corrected chi connectivity index (χ4v) is 2.81. The van der Waals surface area contributed by atoms with Gasteiger partial charge >= 0.3 is 0 Å². The van der Waals surface area contributed by atoms with Crippen molar-refractivity contribution in [3.05, 3.63) is 78.6 Å². The zero-order valence-corrected chi connectivity index (χ0v) is 16.5. The number of halogens is 1. The summed E-state index contributed by atoms with van der Waals surface area (Å²) in [5, 5.41) is 6.48. The van der Waals surface area contributed by atoms with Gasteiger partial charge in [-0.25, -0.2) is 4.39 Å². The first-order valence-electron chi connectivity index (χ1n) is 9.38. The van der Waals surface area contributed by atoms with Crippen molar-refractivity contribution in [2.75, 3.05) is 19.0 Å². The highest BCUT2D eigenvalue weighted by molar-refractivity contribution is 5.92. The lowest BCUT2D eigenvalue weighted by atomic mass is 10.2. The normalized spacial score (nSPS) is 10.5. The van der Waals surface area contributed by atoms with Crippen molar-refractivity contribution in [1.29, 1.82) is 0 Å². The van der Waals surface area contributed by atoms with Crippen LogP contribution in [-0.4, -0.2) is 29.8 Å². The summed E-state index contributed by atoms with van der Waals surface area (Å²) >= 11 is 0. The van der Waals surface area contributed by atoms with Crippen LogP contribution in [0, 0.1) is 5.82 Å². The van der Waals surface area contributed by atoms with Gasteiger partial charge in [-0.2, -0.15) is 4.98 Å². The molecular weight excluding hydrogens is 401 g/mol. The van der Waals surface area contributed by atoms with Crippen LogP contribution in [0.2, 0.25) is 0 Å². The predicted molar refractivity (Wildman–Crippen MR) is 112 cm³/mol. The lowest BCUT2D eigenvalue weighted by Crippen LogP contribution is -2.20. The predicted octanol–water partition coefficient (Wildman–Crippen LogP) is 4.57. The van der Waals surface area contributed by atoms with E-state index in [9.17, 15) is 9.18 Å². The molecule has 7 nitrogen and oxygen atoms in total. The minimum absolute atomic E-state index is 0.0989. The van der Waals surface area contributed by atoms with Crippen LogP contribution < -0.4 is 14.8 Å². The highest BCUT2D eigenvalue weighted by Gasteiger charge is 2.12. The topological polar surface area (TPSA) is 86.5 Å². The first kappa shape index (κ1) is 20.1. The van der Waals surface area contributed by atoms with Gasteiger partial charge in [0.05, 0.1) is 12.8 Å². The molecular formula is C23H18FN3O4. The fourth-order valence-electron chi connectivity index (χ4n) is 2.81. The summed E-state index contributed by atoms with van der Waals surface area (Å²) in [7, 11) is 1.60. The summed E-state index contributed by atoms with van der Waals surface area (Å²) < 4.78 is 29.7. The van der Waals surface area contributed by atoms with Crippen molar-refractivity contribution in [3.63, 3.8) is 0 Å². The maximum atomic E-state index is 13.6. The summed E-state index contributed by atoms with van der Waals surface area (Å²) in [6.45, 7) is -0.279. The van der Waals surface area contributed by atoms with Crippen LogP contribution in [0.1, 0.15) is 0 Å². The highest BCUT2D eigenvalue weighted by atomic mass is 19.1. The van der Waals surface area contributed by atoms with Crippen molar-refractivity contribution in [1.82, 2.24) is 10.1 Å². The molecule has 0 aliphatic carbocycles. The van der Waals surface area contributed by atoms with E-state index in [2.05, 4.69) is 15.5 Å². The van der Waals surface area contributed by atoms with Gasteiger partial charge in [0, 0.05) is 11.1 Å². The van der Waals surface area contributed by atoms with Gasteiger partial charge in [0.25, 0.3) is 11.8 Å². The number of aromatic nitrogens is 2. The van der Waals surface area contributed by atoms with E-state index in [0.29, 0.717) is 23.0 Å². The molecule has 0 unspecified atom stereocenters. The van der Waals surface area contributed by atoms with Gasteiger partial charge in [-0.3, -0.25) is 4.79 Å². The van der Waals surface area contributed by atoms with Gasteiger partial charge in [-0.1, -0.05) is 23.4 Å². The Kier molecular flexibility index (Phi) is 5.89. The third-order valence-corrected chi connectivity index (χ3v) is 4.37. The van der Waals surface area contributed by atoms with E-state index in [1.807, 2.05) is 24.3 Å². The van der Waals surface area contributed by atoms with Crippen molar-refractivity contribution in [2.45, 2.75) is 0 Å². The minimum atomic E-state index is -0.512. The summed E-state index contributed by atoms with van der Waals surface area (Å²) in [6, 6.07) is 20.1. The largest absolute Gasteiger partial charge is 0.497 e. The average Bonchev–Trinajstić information content (AvgIpc) is 3.30. The lowest BCUT2D eigenvalue weighted by Gasteiger charge is -2.08. The average molecular weight is 419 g/mol. The van der Waals surface area contributed by atoms with Crippen LogP contribution in [0.4, 0.5) is 10.1 Å². The van der Waals surface area contributed by atoms with E-state index in [1.165, 1.54) is 12.1 Å². The number of methoxy groups -OCH3 is 1. The number of hydrogen-bond donors (Lipinski definition) is 1. The molecule has 0 atom stereocenters. The Labute approximate surface area is 177 Å². The van der Waals surface area contributed by atoms with Crippen LogP contribution in [0.5, 0.6) is 11.5 Å². The van der Waals surface area contributed by atoms with E-state index in [0.717, 1.165) is 11.3 Å². The number of carbonyl (C=O) groups excluding carboxylic acids is 1. The first-order chi connectivity index (χ1) is 15.1. The molecule has 1 aromatic heterocycles. The molecule has 0 bridgehead atoms. The summed E-state index contributed by atoms with van der Waals surface area (Å²) in [4.78, 5) is 16.5. The smallest absolute Gasteiger partial charge is 0.262 e. The summed E-state index contributed by atoms with van der Waals surface area (Å²) in [5.41, 5.74) is 1.52. The number of amides is 1. The van der Waals surface area contributed by atoms with Crippen LogP contribution >= 0.6 is 0 Å². The molecule has 4 aromatic rings. The molecule has 0 spiro atoms. The van der Waals surface area contributed by atoms with E-state index >= 15 is 0 Å². The van der Waals surface area contributed by atoms with Gasteiger partial charge in [-0.15, -0.1) is 0 Å². The molecule has 31 heavy (non-hydrogen) atoms. The molecule has 1 heterocycles. The van der Waals surface area contributed by atoms with E-state index in [1.54, 1.807) is 43.5 Å². The number of carbonyl (C=O) groups is 1. The maximum Gasteiger partial charge on any atom is 0.262 e. The minimum Gasteiger partial charge on any atom is -0.497 e. The number of nitrogens with one attached hydrogen (secondary N) is 1. The van der Waals surface area contributed by atoms with Gasteiger partial charge in [0.1, 0.15) is 17.3 Å². The van der Waals surface area contributed by atoms with Crippen LogP contribution in [0.3, 0.4) is 0 Å². The second-order valence-corrected chi connectivity index (χ2v) is 6.50. The zero-order valence-electron chi connectivity index (χ0n) is 16.5. The number of anilines is 1. The molecule has 0 fully saturated rings. The van der Waals surface area contributed by atoms with Crippen LogP contribution in [-0.2, 0) is 4.79 Å². The van der Waals surface area contributed by atoms with Crippen molar-refractivity contribution in [2.24, 2.45) is 0 Å². The number of nitrogens with zero attached hydrogens (tertiary/aromatic N) is 2. The standard InChI is InChI=1S/C23H18FN3O4/c1-29-17-11-9-15(10-12-17)22-26-23(31-27-22)16-5-4-6-18(13-16)30-14-21(28)25-20-8-3-2-7-19(20)24/h2-13H,14H2,1H3,(H,25,28). The van der Waals surface area contributed by atoms with Crippen molar-refractivity contribution in [3.8, 4) is 34.3 Å². The fraction of sp³-hybridized carbons (Fsp3) is 0.0870. The number of benzene rings is 3. The van der Waals surface area contributed by atoms with Gasteiger partial charge in [0.15, 0.2) is 6.61 Å². The quantitative estimate of drug-likeness (QED) is 0.472. The van der Waals surface area contributed by atoms with Gasteiger partial charge < -0.3 is 19.3 Å². The summed E-state index contributed by atoms with van der Waals surface area (Å²) in [5.74, 6) is 0.930. The van der Waals surface area contributed by atoms with Gasteiger partial charge in [-0.05, 0) is 54.6 Å². The highest BCUT2D eigenvalue weighted by Crippen LogP contribution is 2.26. The first-order valence-corrected chi connectivity index (χ1v) is 9.38. The molecule has 0 saturated carbocycles. The number of rotatable bonds is 7. The second-order valence-electron chi connectivity index (χ2n) is 6.50. The number of ether oxygens (including phenoxy) is 2. The Bertz CT molecular complexity index is 1190. The monoisotopic (exact) mass is 419 g/mol. The Hall–Kier alpha value is -4.20. The van der Waals surface area contributed by atoms with Gasteiger partial charge in [0.2, 0.25) is 5.82 Å². The molecule has 156 valence electrons. The molecule has 1 N–H and O–H groups in total. The van der Waals surface area contributed by atoms with Crippen LogP contribution in [0.15, 0.2) is 77.3 Å². The lowest BCUT2D eigenvalue weighted by molar-refractivity contribution is -0.118. The third-order valence-electron chi connectivity index (χ3n) is 4.37. The van der Waals surface area contributed by atoms with E-state index < -0.39 is 11.7 Å². The van der Waals surface area contributed by atoms with E-state index in [-0.39, 0.29) is 12.3 Å². The molecule has 4 rings (SSSR count). The Morgan fingerprint density at radius 2 is 1.81 bits per heavy atom. The second kappa shape index (κ2) is 9.08. The van der Waals surface area contributed by atoms with E-state index in [4.69, 9.17) is 14.0 Å². The Morgan fingerprint density at radius 1 is 1.00 bits per heavy atom. The van der Waals surface area contributed by atoms with Crippen LogP contribution in [0.25, 0.3) is 22.8 Å². The number of hydrogen-bond acceptors (Lipinski definition) is 6. The third kappa shape index (κ3) is 4.87. The zero-order chi connectivity index (χ0) is 21.6. The maximum absolute atomic E-state index is 13.6. The Balaban J connectivity index is 1.42. The molecule has 0 radical (unpaired) electrons. The molecule has 0 aliphatic heterocycles. The molecule has 0 saturated heterocycles. The summed E-state index contributed by atoms with van der Waals surface area (Å²) in [6.07, 6.45) is 0. The van der Waals surface area contributed by atoms with Crippen molar-refractivity contribution < 1.29 is 23.2 Å². The molecule has 0 aliphatic rings. The molecule has 8 heteroatoms. The Morgan fingerprint density at radius 3 is 2.58 bits per heavy atom. The van der Waals surface area contributed by atoms with Crippen molar-refractivity contribution >= 4 is 11.6 Å². The SMILES string of the molecule is COc1ccc(-c2noc(-c3cccc(OCC(=O)Nc4ccccc4F)c3)n2)cc1. The number of para-hydroxylation sites is 1. The molecule has 1 amide bonds.